The van der Waals surface area contributed by atoms with E-state index in [-0.39, 0.29) is 0 Å². The number of aldehydes is 1. The van der Waals surface area contributed by atoms with E-state index in [4.69, 9.17) is 9.15 Å². The minimum absolute atomic E-state index is 0.503. The van der Waals surface area contributed by atoms with Crippen molar-refractivity contribution in [3.63, 3.8) is 0 Å². The standard InChI is InChI=1S/C12H12O3/c1-2-14-12(7-13)10-8-15-11-6-4-3-5-9(10)11/h3-8,12H,2H2,1H3. The van der Waals surface area contributed by atoms with E-state index in [0.29, 0.717) is 6.61 Å². The third-order valence-corrected chi connectivity index (χ3v) is 2.29. The lowest BCUT2D eigenvalue weighted by Crippen LogP contribution is -2.04. The zero-order valence-electron chi connectivity index (χ0n) is 8.47. The molecule has 2 aromatic rings. The van der Waals surface area contributed by atoms with Gasteiger partial charge in [-0.15, -0.1) is 0 Å². The van der Waals surface area contributed by atoms with Gasteiger partial charge >= 0.3 is 0 Å². The van der Waals surface area contributed by atoms with Gasteiger partial charge in [0.15, 0.2) is 6.29 Å². The van der Waals surface area contributed by atoms with Gasteiger partial charge in [0.25, 0.3) is 0 Å². The van der Waals surface area contributed by atoms with Crippen molar-refractivity contribution in [1.82, 2.24) is 0 Å². The van der Waals surface area contributed by atoms with Crippen LogP contribution in [0.3, 0.4) is 0 Å². The van der Waals surface area contributed by atoms with Crippen LogP contribution in [0.15, 0.2) is 34.9 Å². The lowest BCUT2D eigenvalue weighted by molar-refractivity contribution is -0.118. The van der Waals surface area contributed by atoms with Crippen molar-refractivity contribution in [3.8, 4) is 0 Å². The maximum atomic E-state index is 10.9. The average molecular weight is 204 g/mol. The van der Waals surface area contributed by atoms with Gasteiger partial charge in [0.05, 0.1) is 6.26 Å². The van der Waals surface area contributed by atoms with Crippen molar-refractivity contribution in [3.05, 3.63) is 36.1 Å². The summed E-state index contributed by atoms with van der Waals surface area (Å²) in [6, 6.07) is 7.59. The number of carbonyl (C=O) groups excluding carboxylic acids is 1. The number of carbonyl (C=O) groups is 1. The van der Waals surface area contributed by atoms with Crippen LogP contribution in [-0.4, -0.2) is 12.9 Å². The molecule has 1 atom stereocenters. The molecule has 1 heterocycles. The molecule has 0 bridgehead atoms. The maximum absolute atomic E-state index is 10.9. The van der Waals surface area contributed by atoms with Crippen LogP contribution < -0.4 is 0 Å². The second-order valence-corrected chi connectivity index (χ2v) is 3.20. The number of ether oxygens (including phenoxy) is 1. The number of fused-ring (bicyclic) bond motifs is 1. The zero-order chi connectivity index (χ0) is 10.7. The van der Waals surface area contributed by atoms with E-state index < -0.39 is 6.10 Å². The molecular weight excluding hydrogens is 192 g/mol. The third kappa shape index (κ3) is 1.78. The normalized spacial score (nSPS) is 12.9. The molecule has 0 fully saturated rings. The van der Waals surface area contributed by atoms with Gasteiger partial charge in [-0.2, -0.15) is 0 Å². The summed E-state index contributed by atoms with van der Waals surface area (Å²) in [7, 11) is 0. The summed E-state index contributed by atoms with van der Waals surface area (Å²) in [6.07, 6.45) is 1.85. The van der Waals surface area contributed by atoms with E-state index in [2.05, 4.69) is 0 Å². The van der Waals surface area contributed by atoms with Gasteiger partial charge in [-0.25, -0.2) is 0 Å². The molecule has 0 aliphatic heterocycles. The smallest absolute Gasteiger partial charge is 0.153 e. The van der Waals surface area contributed by atoms with Crippen LogP contribution in [-0.2, 0) is 9.53 Å². The summed E-state index contributed by atoms with van der Waals surface area (Å²) in [6.45, 7) is 2.36. The zero-order valence-corrected chi connectivity index (χ0v) is 8.47. The van der Waals surface area contributed by atoms with Crippen LogP contribution in [0.25, 0.3) is 11.0 Å². The highest BCUT2D eigenvalue weighted by Gasteiger charge is 2.15. The summed E-state index contributed by atoms with van der Waals surface area (Å²) in [4.78, 5) is 10.9. The first-order chi connectivity index (χ1) is 7.36. The van der Waals surface area contributed by atoms with Crippen LogP contribution >= 0.6 is 0 Å². The van der Waals surface area contributed by atoms with E-state index in [9.17, 15) is 4.79 Å². The Balaban J connectivity index is 2.46. The Hall–Kier alpha value is -1.61. The summed E-state index contributed by atoms with van der Waals surface area (Å²) in [5.74, 6) is 0. The van der Waals surface area contributed by atoms with E-state index in [1.54, 1.807) is 6.26 Å². The van der Waals surface area contributed by atoms with Crippen molar-refractivity contribution in [2.24, 2.45) is 0 Å². The molecule has 15 heavy (non-hydrogen) atoms. The number of rotatable bonds is 4. The molecule has 0 amide bonds. The number of hydrogen-bond donors (Lipinski definition) is 0. The molecule has 0 aliphatic carbocycles. The van der Waals surface area contributed by atoms with Crippen molar-refractivity contribution < 1.29 is 13.9 Å². The minimum Gasteiger partial charge on any atom is -0.464 e. The molecule has 1 aromatic carbocycles. The van der Waals surface area contributed by atoms with Gasteiger partial charge in [-0.1, -0.05) is 18.2 Å². The highest BCUT2D eigenvalue weighted by atomic mass is 16.5. The molecule has 0 saturated carbocycles. The van der Waals surface area contributed by atoms with Crippen LogP contribution in [0.1, 0.15) is 18.6 Å². The summed E-state index contributed by atoms with van der Waals surface area (Å²) in [5.41, 5.74) is 1.57. The lowest BCUT2D eigenvalue weighted by Gasteiger charge is -2.07. The van der Waals surface area contributed by atoms with E-state index >= 15 is 0 Å². The highest BCUT2D eigenvalue weighted by Crippen LogP contribution is 2.27. The van der Waals surface area contributed by atoms with Crippen molar-refractivity contribution in [1.29, 1.82) is 0 Å². The topological polar surface area (TPSA) is 39.4 Å². The first-order valence-corrected chi connectivity index (χ1v) is 4.90. The van der Waals surface area contributed by atoms with E-state index in [0.717, 1.165) is 22.8 Å². The molecule has 1 aromatic heterocycles. The van der Waals surface area contributed by atoms with Crippen molar-refractivity contribution >= 4 is 17.3 Å². The summed E-state index contributed by atoms with van der Waals surface area (Å²) >= 11 is 0. The van der Waals surface area contributed by atoms with Crippen LogP contribution in [0, 0.1) is 0 Å². The van der Waals surface area contributed by atoms with Gasteiger partial charge in [0.1, 0.15) is 11.7 Å². The maximum Gasteiger partial charge on any atom is 0.153 e. The van der Waals surface area contributed by atoms with Gasteiger partial charge in [-0.3, -0.25) is 0 Å². The Morgan fingerprint density at radius 3 is 3.00 bits per heavy atom. The predicted molar refractivity (Wildman–Crippen MR) is 56.6 cm³/mol. The fourth-order valence-corrected chi connectivity index (χ4v) is 1.60. The quantitative estimate of drug-likeness (QED) is 0.719. The number of para-hydroxylation sites is 1. The Kier molecular flexibility index (Phi) is 2.83. The number of benzene rings is 1. The summed E-state index contributed by atoms with van der Waals surface area (Å²) in [5, 5.41) is 0.933. The van der Waals surface area contributed by atoms with Crippen LogP contribution in [0.4, 0.5) is 0 Å². The van der Waals surface area contributed by atoms with Crippen LogP contribution in [0.2, 0.25) is 0 Å². The molecule has 78 valence electrons. The Labute approximate surface area is 87.6 Å². The second kappa shape index (κ2) is 4.28. The molecule has 0 aliphatic rings. The van der Waals surface area contributed by atoms with Gasteiger partial charge in [-0.05, 0) is 13.0 Å². The monoisotopic (exact) mass is 204 g/mol. The lowest BCUT2D eigenvalue weighted by atomic mass is 10.1. The molecule has 3 nitrogen and oxygen atoms in total. The molecule has 0 spiro atoms. The summed E-state index contributed by atoms with van der Waals surface area (Å²) < 4.78 is 10.7. The minimum atomic E-state index is -0.529. The Morgan fingerprint density at radius 1 is 1.47 bits per heavy atom. The van der Waals surface area contributed by atoms with Crippen molar-refractivity contribution in [2.75, 3.05) is 6.61 Å². The molecular formula is C12H12O3. The third-order valence-electron chi connectivity index (χ3n) is 2.29. The van der Waals surface area contributed by atoms with Crippen LogP contribution in [0.5, 0.6) is 0 Å². The fourth-order valence-electron chi connectivity index (χ4n) is 1.60. The molecule has 0 N–H and O–H groups in total. The fraction of sp³-hybridized carbons (Fsp3) is 0.250. The van der Waals surface area contributed by atoms with E-state index in [1.807, 2.05) is 31.2 Å². The number of hydrogen-bond acceptors (Lipinski definition) is 3. The average Bonchev–Trinajstić information content (AvgIpc) is 2.70. The SMILES string of the molecule is CCOC(C=O)c1coc2ccccc12. The Morgan fingerprint density at radius 2 is 2.27 bits per heavy atom. The first kappa shape index (κ1) is 9.93. The second-order valence-electron chi connectivity index (χ2n) is 3.20. The largest absolute Gasteiger partial charge is 0.464 e. The number of furan rings is 1. The predicted octanol–water partition coefficient (Wildman–Crippen LogP) is 2.71. The Bertz CT molecular complexity index is 459. The highest BCUT2D eigenvalue weighted by molar-refractivity contribution is 5.84. The molecule has 2 rings (SSSR count). The first-order valence-electron chi connectivity index (χ1n) is 4.90. The molecule has 0 radical (unpaired) electrons. The van der Waals surface area contributed by atoms with Crippen molar-refractivity contribution in [2.45, 2.75) is 13.0 Å². The van der Waals surface area contributed by atoms with Gasteiger partial charge < -0.3 is 13.9 Å². The van der Waals surface area contributed by atoms with Gasteiger partial charge in [0.2, 0.25) is 0 Å². The van der Waals surface area contributed by atoms with Gasteiger partial charge in [0, 0.05) is 17.6 Å². The molecule has 1 unspecified atom stereocenters. The van der Waals surface area contributed by atoms with E-state index in [1.165, 1.54) is 0 Å². The molecule has 3 heteroatoms. The molecule has 0 saturated heterocycles.